The molecule has 1 aliphatic rings. The molecule has 4 rings (SSSR count). The van der Waals surface area contributed by atoms with Crippen molar-refractivity contribution in [1.82, 2.24) is 14.9 Å². The van der Waals surface area contributed by atoms with E-state index in [9.17, 15) is 4.79 Å². The fraction of sp³-hybridized carbons (Fsp3) is 0.235. The quantitative estimate of drug-likeness (QED) is 0.717. The molecule has 1 saturated carbocycles. The van der Waals surface area contributed by atoms with Crippen molar-refractivity contribution in [2.45, 2.75) is 25.3 Å². The zero-order chi connectivity index (χ0) is 17.4. The standard InChI is InChI=1S/C17H14Cl2N4O2/c18-12-4-3-11(14(19)5-12)8-23-9-13(7-20-23)21-17(24)15-6-16(25-22-15)10-1-2-10/h3-7,9-10H,1-2,8H2,(H,21,24). The van der Waals surface area contributed by atoms with Gasteiger partial charge in [-0.1, -0.05) is 34.4 Å². The molecule has 2 heterocycles. The first-order chi connectivity index (χ1) is 12.1. The van der Waals surface area contributed by atoms with E-state index in [1.165, 1.54) is 0 Å². The highest BCUT2D eigenvalue weighted by Crippen LogP contribution is 2.40. The minimum atomic E-state index is -0.320. The molecule has 3 aromatic rings. The fourth-order valence-electron chi connectivity index (χ4n) is 2.49. The molecule has 1 aromatic carbocycles. The predicted octanol–water partition coefficient (Wildman–Crippen LogP) is 4.36. The van der Waals surface area contributed by atoms with Crippen LogP contribution < -0.4 is 5.32 Å². The van der Waals surface area contributed by atoms with Gasteiger partial charge in [-0.15, -0.1) is 0 Å². The van der Waals surface area contributed by atoms with Crippen LogP contribution in [0.5, 0.6) is 0 Å². The number of anilines is 1. The maximum Gasteiger partial charge on any atom is 0.277 e. The molecule has 0 unspecified atom stereocenters. The number of hydrogen-bond acceptors (Lipinski definition) is 4. The summed E-state index contributed by atoms with van der Waals surface area (Å²) < 4.78 is 6.88. The molecule has 25 heavy (non-hydrogen) atoms. The molecular weight excluding hydrogens is 363 g/mol. The van der Waals surface area contributed by atoms with Crippen molar-refractivity contribution in [1.29, 1.82) is 0 Å². The summed E-state index contributed by atoms with van der Waals surface area (Å²) in [6.07, 6.45) is 5.49. The van der Waals surface area contributed by atoms with E-state index in [2.05, 4.69) is 15.6 Å². The average molecular weight is 377 g/mol. The Morgan fingerprint density at radius 1 is 1.32 bits per heavy atom. The third-order valence-electron chi connectivity index (χ3n) is 3.98. The van der Waals surface area contributed by atoms with Crippen molar-refractivity contribution in [3.8, 4) is 0 Å². The van der Waals surface area contributed by atoms with Crippen molar-refractivity contribution >= 4 is 34.8 Å². The van der Waals surface area contributed by atoms with Crippen molar-refractivity contribution in [3.05, 3.63) is 63.7 Å². The number of carbonyl (C=O) groups excluding carboxylic acids is 1. The fourth-order valence-corrected chi connectivity index (χ4v) is 2.96. The van der Waals surface area contributed by atoms with Crippen LogP contribution in [0.1, 0.15) is 40.6 Å². The number of benzene rings is 1. The molecule has 8 heteroatoms. The van der Waals surface area contributed by atoms with Crippen LogP contribution in [0.4, 0.5) is 5.69 Å². The molecule has 2 aromatic heterocycles. The molecule has 0 bridgehead atoms. The lowest BCUT2D eigenvalue weighted by molar-refractivity contribution is 0.101. The van der Waals surface area contributed by atoms with Crippen molar-refractivity contribution in [2.75, 3.05) is 5.32 Å². The predicted molar refractivity (Wildman–Crippen MR) is 94.2 cm³/mol. The highest BCUT2D eigenvalue weighted by Gasteiger charge is 2.28. The molecule has 0 aliphatic heterocycles. The molecule has 1 N–H and O–H groups in total. The van der Waals surface area contributed by atoms with Gasteiger partial charge in [0, 0.05) is 28.2 Å². The lowest BCUT2D eigenvalue weighted by Crippen LogP contribution is -2.11. The summed E-state index contributed by atoms with van der Waals surface area (Å²) >= 11 is 12.1. The molecule has 0 atom stereocenters. The van der Waals surface area contributed by atoms with E-state index >= 15 is 0 Å². The molecule has 1 fully saturated rings. The number of halogens is 2. The van der Waals surface area contributed by atoms with Crippen LogP contribution in [0, 0.1) is 0 Å². The largest absolute Gasteiger partial charge is 0.360 e. The summed E-state index contributed by atoms with van der Waals surface area (Å²) in [4.78, 5) is 12.2. The number of amides is 1. The maximum absolute atomic E-state index is 12.2. The van der Waals surface area contributed by atoms with Crippen LogP contribution in [-0.4, -0.2) is 20.8 Å². The van der Waals surface area contributed by atoms with Crippen LogP contribution in [0.2, 0.25) is 10.0 Å². The van der Waals surface area contributed by atoms with Crippen molar-refractivity contribution in [2.24, 2.45) is 0 Å². The SMILES string of the molecule is O=C(Nc1cnn(Cc2ccc(Cl)cc2Cl)c1)c1cc(C2CC2)on1. The normalized spacial score (nSPS) is 13.8. The van der Waals surface area contributed by atoms with Gasteiger partial charge in [-0.05, 0) is 30.5 Å². The Balaban J connectivity index is 1.42. The topological polar surface area (TPSA) is 73.0 Å². The van der Waals surface area contributed by atoms with Gasteiger partial charge in [-0.25, -0.2) is 0 Å². The zero-order valence-corrected chi connectivity index (χ0v) is 14.6. The molecule has 0 radical (unpaired) electrons. The second-order valence-electron chi connectivity index (χ2n) is 6.01. The molecular formula is C17H14Cl2N4O2. The average Bonchev–Trinajstić information content (AvgIpc) is 3.14. The number of nitrogens with zero attached hydrogens (tertiary/aromatic N) is 3. The second kappa shape index (κ2) is 6.54. The molecule has 6 nitrogen and oxygen atoms in total. The summed E-state index contributed by atoms with van der Waals surface area (Å²) in [5, 5.41) is 12.0. The maximum atomic E-state index is 12.2. The first kappa shape index (κ1) is 16.2. The summed E-state index contributed by atoms with van der Waals surface area (Å²) in [5.41, 5.74) is 1.74. The van der Waals surface area contributed by atoms with Crippen LogP contribution >= 0.6 is 23.2 Å². The number of nitrogens with one attached hydrogen (secondary N) is 1. The number of carbonyl (C=O) groups is 1. The Morgan fingerprint density at radius 3 is 2.92 bits per heavy atom. The van der Waals surface area contributed by atoms with E-state index in [1.807, 2.05) is 6.07 Å². The molecule has 0 saturated heterocycles. The van der Waals surface area contributed by atoms with Crippen LogP contribution in [0.25, 0.3) is 0 Å². The van der Waals surface area contributed by atoms with Gasteiger partial charge < -0.3 is 9.84 Å². The minimum absolute atomic E-state index is 0.274. The van der Waals surface area contributed by atoms with Gasteiger partial charge in [0.15, 0.2) is 5.69 Å². The third kappa shape index (κ3) is 3.70. The third-order valence-corrected chi connectivity index (χ3v) is 4.57. The Hall–Kier alpha value is -2.31. The smallest absolute Gasteiger partial charge is 0.277 e. The van der Waals surface area contributed by atoms with Gasteiger partial charge in [-0.3, -0.25) is 9.48 Å². The molecule has 0 spiro atoms. The van der Waals surface area contributed by atoms with Crippen LogP contribution in [-0.2, 0) is 6.54 Å². The Kier molecular flexibility index (Phi) is 4.23. The Labute approximate surface area is 153 Å². The van der Waals surface area contributed by atoms with Crippen molar-refractivity contribution < 1.29 is 9.32 Å². The van der Waals surface area contributed by atoms with Gasteiger partial charge in [-0.2, -0.15) is 5.10 Å². The van der Waals surface area contributed by atoms with E-state index in [4.69, 9.17) is 27.7 Å². The van der Waals surface area contributed by atoms with E-state index < -0.39 is 0 Å². The first-order valence-corrected chi connectivity index (χ1v) is 8.58. The summed E-state index contributed by atoms with van der Waals surface area (Å²) in [7, 11) is 0. The van der Waals surface area contributed by atoms with E-state index in [0.717, 1.165) is 24.2 Å². The highest BCUT2D eigenvalue weighted by atomic mass is 35.5. The Morgan fingerprint density at radius 2 is 2.16 bits per heavy atom. The Bertz CT molecular complexity index is 930. The van der Waals surface area contributed by atoms with Crippen molar-refractivity contribution in [3.63, 3.8) is 0 Å². The monoisotopic (exact) mass is 376 g/mol. The highest BCUT2D eigenvalue weighted by molar-refractivity contribution is 6.35. The summed E-state index contributed by atoms with van der Waals surface area (Å²) in [6, 6.07) is 7.01. The molecule has 1 amide bonds. The minimum Gasteiger partial charge on any atom is -0.360 e. The van der Waals surface area contributed by atoms with Gasteiger partial charge in [0.1, 0.15) is 5.76 Å². The number of hydrogen-bond donors (Lipinski definition) is 1. The van der Waals surface area contributed by atoms with Crippen LogP contribution in [0.3, 0.4) is 0 Å². The van der Waals surface area contributed by atoms with Gasteiger partial charge >= 0.3 is 0 Å². The lowest BCUT2D eigenvalue weighted by Gasteiger charge is -2.05. The number of aromatic nitrogens is 3. The molecule has 1 aliphatic carbocycles. The first-order valence-electron chi connectivity index (χ1n) is 7.83. The number of rotatable bonds is 5. The molecule has 128 valence electrons. The van der Waals surface area contributed by atoms with E-state index in [0.29, 0.717) is 28.2 Å². The summed E-state index contributed by atoms with van der Waals surface area (Å²) in [6.45, 7) is 0.474. The zero-order valence-electron chi connectivity index (χ0n) is 13.1. The lowest BCUT2D eigenvalue weighted by atomic mass is 10.2. The van der Waals surface area contributed by atoms with Gasteiger partial charge in [0.2, 0.25) is 0 Å². The second-order valence-corrected chi connectivity index (χ2v) is 6.85. The van der Waals surface area contributed by atoms with Gasteiger partial charge in [0.05, 0.1) is 18.4 Å². The van der Waals surface area contributed by atoms with Crippen LogP contribution in [0.15, 0.2) is 41.2 Å². The van der Waals surface area contributed by atoms with E-state index in [1.54, 1.807) is 35.3 Å². The van der Waals surface area contributed by atoms with Gasteiger partial charge in [0.25, 0.3) is 5.91 Å². The van der Waals surface area contributed by atoms with E-state index in [-0.39, 0.29) is 11.6 Å². The summed E-state index contributed by atoms with van der Waals surface area (Å²) in [5.74, 6) is 0.874.